The van der Waals surface area contributed by atoms with Gasteiger partial charge in [-0.25, -0.2) is 0 Å². The molecule has 3 saturated carbocycles. The molecule has 1 aromatic carbocycles. The summed E-state index contributed by atoms with van der Waals surface area (Å²) in [7, 11) is 1.89. The SMILES string of the molecule is COC1CCC2C3CCC4(O)CC5(CCC4=C3C(c3ccc(C=CCN)cc3)CC12C)OCC(C)(C)CO5. The van der Waals surface area contributed by atoms with Crippen LogP contribution in [0.5, 0.6) is 0 Å². The van der Waals surface area contributed by atoms with Crippen molar-refractivity contribution in [2.45, 2.75) is 95.5 Å². The molecule has 6 atom stereocenters. The highest BCUT2D eigenvalue weighted by Gasteiger charge is 2.60. The first kappa shape index (κ1) is 26.7. The number of methoxy groups -OCH3 is 1. The minimum absolute atomic E-state index is 0.0229. The maximum Gasteiger partial charge on any atom is 0.171 e. The van der Waals surface area contributed by atoms with Crippen LogP contribution in [-0.4, -0.2) is 49.5 Å². The van der Waals surface area contributed by atoms with E-state index in [1.165, 1.54) is 28.7 Å². The molecule has 4 aliphatic carbocycles. The number of nitrogens with two attached hydrogens (primary N) is 1. The molecule has 1 spiro atoms. The minimum Gasteiger partial charge on any atom is -0.385 e. The molecule has 5 nitrogen and oxygen atoms in total. The summed E-state index contributed by atoms with van der Waals surface area (Å²) >= 11 is 0. The number of ether oxygens (including phenoxy) is 3. The summed E-state index contributed by atoms with van der Waals surface area (Å²) in [5.74, 6) is 0.770. The van der Waals surface area contributed by atoms with E-state index >= 15 is 0 Å². The van der Waals surface area contributed by atoms with Crippen LogP contribution in [0.25, 0.3) is 6.08 Å². The van der Waals surface area contributed by atoms with Gasteiger partial charge in [-0.2, -0.15) is 0 Å². The zero-order chi connectivity index (χ0) is 26.8. The quantitative estimate of drug-likeness (QED) is 0.478. The first-order valence-electron chi connectivity index (χ1n) is 14.9. The van der Waals surface area contributed by atoms with Crippen LogP contribution in [-0.2, 0) is 14.2 Å². The van der Waals surface area contributed by atoms with Gasteiger partial charge >= 0.3 is 0 Å². The van der Waals surface area contributed by atoms with E-state index < -0.39 is 11.4 Å². The standard InChI is InChI=1S/C33H47NO4/c1-30(2)20-37-33(38-21-30)16-14-27-29-24(13-15-32(27,35)19-33)26-11-12-28(36-4)31(26,3)18-25(29)23-9-7-22(8-10-23)6-5-17-34/h5-10,24-26,28,35H,11-21,34H2,1-4H3. The van der Waals surface area contributed by atoms with Gasteiger partial charge in [-0.1, -0.05) is 62.8 Å². The molecule has 3 N–H and O–H groups in total. The number of fused-ring (bicyclic) bond motifs is 4. The molecule has 0 amide bonds. The van der Waals surface area contributed by atoms with E-state index in [-0.39, 0.29) is 10.8 Å². The van der Waals surface area contributed by atoms with Gasteiger partial charge < -0.3 is 25.1 Å². The number of aliphatic hydroxyl groups is 1. The number of hydrogen-bond acceptors (Lipinski definition) is 5. The smallest absolute Gasteiger partial charge is 0.171 e. The molecule has 5 heteroatoms. The third-order valence-corrected chi connectivity index (χ3v) is 10.8. The Hall–Kier alpha value is -1.50. The lowest BCUT2D eigenvalue weighted by molar-refractivity contribution is -0.322. The van der Waals surface area contributed by atoms with Crippen LogP contribution in [0.1, 0.15) is 89.2 Å². The second-order valence-electron chi connectivity index (χ2n) is 13.9. The van der Waals surface area contributed by atoms with Crippen LogP contribution in [0.3, 0.4) is 0 Å². The summed E-state index contributed by atoms with van der Waals surface area (Å²) in [5, 5.41) is 12.3. The average molecular weight is 522 g/mol. The molecule has 5 aliphatic rings. The zero-order valence-electron chi connectivity index (χ0n) is 23.8. The molecule has 0 bridgehead atoms. The highest BCUT2D eigenvalue weighted by Crippen LogP contribution is 2.66. The second-order valence-corrected chi connectivity index (χ2v) is 13.9. The van der Waals surface area contributed by atoms with Crippen molar-refractivity contribution < 1.29 is 19.3 Å². The molecule has 1 aromatic rings. The minimum atomic E-state index is -0.847. The monoisotopic (exact) mass is 521 g/mol. The van der Waals surface area contributed by atoms with Crippen molar-refractivity contribution in [1.82, 2.24) is 0 Å². The summed E-state index contributed by atoms with van der Waals surface area (Å²) < 4.78 is 18.9. The molecular weight excluding hydrogens is 474 g/mol. The van der Waals surface area contributed by atoms with Gasteiger partial charge in [0.1, 0.15) is 0 Å². The van der Waals surface area contributed by atoms with Gasteiger partial charge in [-0.15, -0.1) is 0 Å². The molecule has 38 heavy (non-hydrogen) atoms. The van der Waals surface area contributed by atoms with Crippen LogP contribution < -0.4 is 5.73 Å². The Morgan fingerprint density at radius 2 is 1.79 bits per heavy atom. The third-order valence-electron chi connectivity index (χ3n) is 10.8. The molecule has 0 aromatic heterocycles. The largest absolute Gasteiger partial charge is 0.385 e. The van der Waals surface area contributed by atoms with Crippen molar-refractivity contribution >= 4 is 6.08 Å². The van der Waals surface area contributed by atoms with Crippen molar-refractivity contribution in [2.75, 3.05) is 26.9 Å². The summed E-state index contributed by atoms with van der Waals surface area (Å²) in [4.78, 5) is 0. The molecule has 208 valence electrons. The van der Waals surface area contributed by atoms with Gasteiger partial charge in [0.05, 0.1) is 24.9 Å². The first-order valence-corrected chi connectivity index (χ1v) is 14.9. The molecule has 1 heterocycles. The van der Waals surface area contributed by atoms with Crippen LogP contribution in [0.2, 0.25) is 0 Å². The van der Waals surface area contributed by atoms with Crippen molar-refractivity contribution in [3.8, 4) is 0 Å². The van der Waals surface area contributed by atoms with Crippen LogP contribution in [0.4, 0.5) is 0 Å². The average Bonchev–Trinajstić information content (AvgIpc) is 3.24. The van der Waals surface area contributed by atoms with E-state index in [0.29, 0.717) is 50.0 Å². The lowest BCUT2D eigenvalue weighted by atomic mass is 9.51. The Labute approximate surface area is 228 Å². The molecule has 1 aliphatic heterocycles. The van der Waals surface area contributed by atoms with E-state index in [4.69, 9.17) is 19.9 Å². The molecule has 0 radical (unpaired) electrons. The predicted octanol–water partition coefficient (Wildman–Crippen LogP) is 5.97. The Bertz CT molecular complexity index is 1100. The number of benzene rings is 1. The van der Waals surface area contributed by atoms with Crippen LogP contribution in [0, 0.1) is 22.7 Å². The van der Waals surface area contributed by atoms with E-state index in [1.807, 2.05) is 13.2 Å². The fourth-order valence-electron chi connectivity index (χ4n) is 8.94. The van der Waals surface area contributed by atoms with Gasteiger partial charge in [-0.3, -0.25) is 0 Å². The van der Waals surface area contributed by atoms with E-state index in [0.717, 1.165) is 38.5 Å². The van der Waals surface area contributed by atoms with E-state index in [1.54, 1.807) is 0 Å². The molecule has 4 fully saturated rings. The second kappa shape index (κ2) is 9.55. The third kappa shape index (κ3) is 4.34. The fraction of sp³-hybridized carbons (Fsp3) is 0.697. The predicted molar refractivity (Wildman–Crippen MR) is 150 cm³/mol. The summed E-state index contributed by atoms with van der Waals surface area (Å²) in [6.07, 6.45) is 11.9. The van der Waals surface area contributed by atoms with Gasteiger partial charge in [0.25, 0.3) is 0 Å². The molecule has 1 saturated heterocycles. The molecule has 6 unspecified atom stereocenters. The van der Waals surface area contributed by atoms with Crippen molar-refractivity contribution in [3.63, 3.8) is 0 Å². The van der Waals surface area contributed by atoms with Gasteiger partial charge in [-0.05, 0) is 72.5 Å². The first-order chi connectivity index (χ1) is 18.1. The van der Waals surface area contributed by atoms with Gasteiger partial charge in [0.15, 0.2) is 5.79 Å². The van der Waals surface area contributed by atoms with Crippen molar-refractivity contribution in [2.24, 2.45) is 28.4 Å². The van der Waals surface area contributed by atoms with Crippen molar-refractivity contribution in [3.05, 3.63) is 52.6 Å². The normalized spacial score (nSPS) is 39.7. The number of rotatable bonds is 4. The van der Waals surface area contributed by atoms with Gasteiger partial charge in [0, 0.05) is 37.8 Å². The van der Waals surface area contributed by atoms with Crippen LogP contribution in [0.15, 0.2) is 41.5 Å². The lowest BCUT2D eigenvalue weighted by Crippen LogP contribution is -2.57. The Morgan fingerprint density at radius 1 is 1.05 bits per heavy atom. The zero-order valence-corrected chi connectivity index (χ0v) is 23.8. The Kier molecular flexibility index (Phi) is 6.72. The lowest BCUT2D eigenvalue weighted by Gasteiger charge is -2.57. The summed E-state index contributed by atoms with van der Waals surface area (Å²) in [5.41, 5.74) is 10.4. The summed E-state index contributed by atoms with van der Waals surface area (Å²) in [6.45, 7) is 8.77. The maximum absolute atomic E-state index is 12.3. The van der Waals surface area contributed by atoms with E-state index in [2.05, 4.69) is 51.1 Å². The number of hydrogen-bond donors (Lipinski definition) is 2. The van der Waals surface area contributed by atoms with Crippen molar-refractivity contribution in [1.29, 1.82) is 0 Å². The van der Waals surface area contributed by atoms with Gasteiger partial charge in [0.2, 0.25) is 0 Å². The highest BCUT2D eigenvalue weighted by atomic mass is 16.7. The fourth-order valence-corrected chi connectivity index (χ4v) is 8.94. The maximum atomic E-state index is 12.3. The topological polar surface area (TPSA) is 73.9 Å². The van der Waals surface area contributed by atoms with Crippen LogP contribution >= 0.6 is 0 Å². The molecule has 6 rings (SSSR count). The van der Waals surface area contributed by atoms with E-state index in [9.17, 15) is 5.11 Å². The Balaban J connectivity index is 1.40. The number of allylic oxidation sites excluding steroid dienone is 1. The summed E-state index contributed by atoms with van der Waals surface area (Å²) in [6, 6.07) is 9.04. The molecular formula is C33H47NO4. The Morgan fingerprint density at radius 3 is 2.47 bits per heavy atom. The highest BCUT2D eigenvalue weighted by molar-refractivity contribution is 5.51.